The van der Waals surface area contributed by atoms with Crippen LogP contribution in [0.2, 0.25) is 10.0 Å². The van der Waals surface area contributed by atoms with Gasteiger partial charge in [0.25, 0.3) is 11.8 Å². The van der Waals surface area contributed by atoms with E-state index in [1.807, 2.05) is 12.1 Å². The van der Waals surface area contributed by atoms with Crippen molar-refractivity contribution in [3.63, 3.8) is 0 Å². The quantitative estimate of drug-likeness (QED) is 0.0810. The fraction of sp³-hybridized carbons (Fsp3) is 0.204. The number of nitrogens with one attached hydrogen (secondary N) is 1. The first-order valence-electron chi connectivity index (χ1n) is 19.9. The van der Waals surface area contributed by atoms with Crippen LogP contribution in [0.25, 0.3) is 0 Å². The summed E-state index contributed by atoms with van der Waals surface area (Å²) in [5, 5.41) is 13.7. The van der Waals surface area contributed by atoms with Crippen molar-refractivity contribution in [2.75, 3.05) is 17.4 Å². The number of hydrazine groups is 1. The first kappa shape index (κ1) is 39.9. The molecule has 2 aliphatic heterocycles. The van der Waals surface area contributed by atoms with E-state index < -0.39 is 52.7 Å². The second-order valence-corrected chi connectivity index (χ2v) is 16.7. The number of imide groups is 2. The molecular weight excluding hydrogens is 813 g/mol. The van der Waals surface area contributed by atoms with Crippen molar-refractivity contribution >= 4 is 64.0 Å². The summed E-state index contributed by atoms with van der Waals surface area (Å²) in [4.78, 5) is 74.3. The molecule has 0 bridgehead atoms. The lowest BCUT2D eigenvalue weighted by molar-refractivity contribution is -0.138. The molecule has 4 aliphatic rings. The molecule has 2 saturated heterocycles. The van der Waals surface area contributed by atoms with E-state index in [9.17, 15) is 19.5 Å². The molecule has 0 spiro atoms. The van der Waals surface area contributed by atoms with Crippen molar-refractivity contribution in [1.29, 1.82) is 0 Å². The molecule has 2 N–H and O–H groups in total. The number of fused-ring (bicyclic) bond motifs is 4. The Bertz CT molecular complexity index is 2680. The summed E-state index contributed by atoms with van der Waals surface area (Å²) in [6.45, 7) is 3.87. The van der Waals surface area contributed by atoms with Crippen LogP contribution in [0.1, 0.15) is 51.4 Å². The number of carbonyl (C=O) groups is 5. The molecule has 61 heavy (non-hydrogen) atoms. The van der Waals surface area contributed by atoms with Gasteiger partial charge in [-0.2, -0.15) is 5.01 Å². The third-order valence-corrected chi connectivity index (χ3v) is 13.4. The fourth-order valence-corrected chi connectivity index (χ4v) is 10.6. The molecule has 5 aromatic carbocycles. The number of nitrogens with zero attached hydrogens (tertiary/aromatic N) is 2. The average Bonchev–Trinajstić information content (AvgIpc) is 3.66. The fourth-order valence-electron chi connectivity index (χ4n) is 10.1. The van der Waals surface area contributed by atoms with E-state index in [2.05, 4.69) is 12.0 Å². The van der Waals surface area contributed by atoms with Crippen LogP contribution in [0.15, 0.2) is 140 Å². The van der Waals surface area contributed by atoms with Gasteiger partial charge in [-0.3, -0.25) is 34.3 Å². The number of anilines is 2. The number of halogens is 2. The second-order valence-electron chi connectivity index (χ2n) is 15.8. The Morgan fingerprint density at radius 2 is 1.59 bits per heavy atom. The lowest BCUT2D eigenvalue weighted by atomic mass is 9.49. The Morgan fingerprint density at radius 1 is 0.869 bits per heavy atom. The number of rotatable bonds is 10. The zero-order valence-electron chi connectivity index (χ0n) is 32.9. The van der Waals surface area contributed by atoms with Crippen molar-refractivity contribution in [3.05, 3.63) is 177 Å². The van der Waals surface area contributed by atoms with Crippen LogP contribution in [0, 0.1) is 23.7 Å². The van der Waals surface area contributed by atoms with Gasteiger partial charge >= 0.3 is 0 Å². The lowest BCUT2D eigenvalue weighted by Gasteiger charge is -2.50. The highest BCUT2D eigenvalue weighted by molar-refractivity contribution is 6.36. The number of phenols is 1. The van der Waals surface area contributed by atoms with Crippen LogP contribution >= 0.6 is 23.2 Å². The van der Waals surface area contributed by atoms with Crippen LogP contribution in [-0.2, 0) is 31.0 Å². The Balaban J connectivity index is 1.18. The number of ketones is 1. The third-order valence-electron chi connectivity index (χ3n) is 12.8. The third kappa shape index (κ3) is 6.27. The monoisotopic (exact) mass is 851 g/mol. The van der Waals surface area contributed by atoms with Gasteiger partial charge in [0.05, 0.1) is 46.7 Å². The Kier molecular flexibility index (Phi) is 10.2. The molecule has 1 saturated carbocycles. The van der Waals surface area contributed by atoms with Gasteiger partial charge in [0.15, 0.2) is 5.78 Å². The van der Waals surface area contributed by atoms with E-state index in [-0.39, 0.29) is 41.0 Å². The predicted octanol–water partition coefficient (Wildman–Crippen LogP) is 8.86. The summed E-state index contributed by atoms with van der Waals surface area (Å²) in [5.41, 5.74) is 5.00. The number of benzene rings is 5. The molecule has 12 heteroatoms. The zero-order valence-corrected chi connectivity index (χ0v) is 34.4. The highest BCUT2D eigenvalue weighted by Gasteiger charge is 2.70. The minimum Gasteiger partial charge on any atom is -0.507 e. The number of allylic oxidation sites excluding steroid dienone is 3. The standard InChI is InChI=1S/C49H39Cl2N3O7/c1-3-8-27-11-7-12-36(44(27)56)42-34-22-23-35-41(47(59)53(45(35)57)32-18-13-29(14-19-32)43(55)28-9-5-4-6-10-28)37(34)26-38-46(58)54(52-40-24-17-31(50)25-39(40)51)48(60)49(38,42)30-15-20-33(61-2)21-16-30/h3-7,9-22,24-25,35,37-38,41-42,52,56H,1,8,23,26H2,2H3. The minimum absolute atomic E-state index is 0.0388. The van der Waals surface area contributed by atoms with Gasteiger partial charge < -0.3 is 9.84 Å². The Morgan fingerprint density at radius 3 is 2.28 bits per heavy atom. The SMILES string of the molecule is C=CCc1cccc(C2C3=CCC4C(=O)N(c5ccc(C(=O)c6ccccc6)cc5)C(=O)C4C3CC3C(=O)N(Nc4ccc(Cl)cc4Cl)C(=O)C32c2ccc(OC)cc2)c1O. The van der Waals surface area contributed by atoms with Crippen molar-refractivity contribution in [2.45, 2.75) is 30.6 Å². The van der Waals surface area contributed by atoms with Crippen LogP contribution in [0.3, 0.4) is 0 Å². The molecule has 2 heterocycles. The highest BCUT2D eigenvalue weighted by atomic mass is 35.5. The number of hydrogen-bond acceptors (Lipinski definition) is 8. The van der Waals surface area contributed by atoms with Gasteiger partial charge in [0.1, 0.15) is 11.5 Å². The van der Waals surface area contributed by atoms with Crippen LogP contribution < -0.4 is 15.1 Å². The molecule has 4 amide bonds. The maximum absolute atomic E-state index is 15.6. The first-order valence-corrected chi connectivity index (χ1v) is 20.7. The molecule has 6 unspecified atom stereocenters. The van der Waals surface area contributed by atoms with E-state index in [4.69, 9.17) is 27.9 Å². The minimum atomic E-state index is -1.65. The van der Waals surface area contributed by atoms with Gasteiger partial charge in [0.2, 0.25) is 11.8 Å². The normalized spacial score (nSPS) is 24.2. The van der Waals surface area contributed by atoms with Crippen molar-refractivity contribution < 1.29 is 33.8 Å². The van der Waals surface area contributed by atoms with Crippen molar-refractivity contribution in [2.24, 2.45) is 23.7 Å². The number of amides is 4. The number of para-hydroxylation sites is 1. The number of aromatic hydroxyl groups is 1. The Labute approximate surface area is 362 Å². The van der Waals surface area contributed by atoms with E-state index in [1.54, 1.807) is 109 Å². The van der Waals surface area contributed by atoms with E-state index in [0.717, 1.165) is 5.01 Å². The number of methoxy groups -OCH3 is 1. The average molecular weight is 853 g/mol. The van der Waals surface area contributed by atoms with E-state index in [0.29, 0.717) is 56.3 Å². The number of carbonyl (C=O) groups excluding carboxylic acids is 5. The maximum atomic E-state index is 15.6. The molecule has 5 aromatic rings. The molecule has 10 nitrogen and oxygen atoms in total. The summed E-state index contributed by atoms with van der Waals surface area (Å²) >= 11 is 12.8. The number of hydrogen-bond donors (Lipinski definition) is 2. The number of phenolic OH excluding ortho intramolecular Hbond substituents is 1. The second kappa shape index (κ2) is 15.5. The summed E-state index contributed by atoms with van der Waals surface area (Å²) in [5.74, 6) is -6.07. The molecule has 0 aromatic heterocycles. The molecule has 6 atom stereocenters. The lowest BCUT2D eigenvalue weighted by Crippen LogP contribution is -2.53. The smallest absolute Gasteiger partial charge is 0.260 e. The summed E-state index contributed by atoms with van der Waals surface area (Å²) < 4.78 is 5.50. The van der Waals surface area contributed by atoms with E-state index in [1.165, 1.54) is 18.1 Å². The summed E-state index contributed by atoms with van der Waals surface area (Å²) in [6.07, 6.45) is 4.14. The van der Waals surface area contributed by atoms with Crippen LogP contribution in [-0.4, -0.2) is 46.6 Å². The zero-order chi connectivity index (χ0) is 42.7. The van der Waals surface area contributed by atoms with Gasteiger partial charge in [0, 0.05) is 27.6 Å². The number of ether oxygens (including phenoxy) is 1. The Hall–Kier alpha value is -6.49. The summed E-state index contributed by atoms with van der Waals surface area (Å²) in [7, 11) is 1.53. The summed E-state index contributed by atoms with van der Waals surface area (Å²) in [6, 6.07) is 32.2. The molecule has 0 radical (unpaired) electrons. The van der Waals surface area contributed by atoms with Crippen molar-refractivity contribution in [1.82, 2.24) is 5.01 Å². The molecule has 306 valence electrons. The van der Waals surface area contributed by atoms with Crippen LogP contribution in [0.4, 0.5) is 11.4 Å². The first-order chi connectivity index (χ1) is 29.5. The topological polar surface area (TPSA) is 133 Å². The van der Waals surface area contributed by atoms with Gasteiger partial charge in [-0.15, -0.1) is 6.58 Å². The van der Waals surface area contributed by atoms with Crippen molar-refractivity contribution in [3.8, 4) is 11.5 Å². The van der Waals surface area contributed by atoms with Gasteiger partial charge in [-0.25, -0.2) is 0 Å². The van der Waals surface area contributed by atoms with Crippen LogP contribution in [0.5, 0.6) is 11.5 Å². The van der Waals surface area contributed by atoms with Gasteiger partial charge in [-0.1, -0.05) is 102 Å². The largest absolute Gasteiger partial charge is 0.507 e. The maximum Gasteiger partial charge on any atom is 0.260 e. The molecule has 2 aliphatic carbocycles. The molecule has 9 rings (SSSR count). The highest BCUT2D eigenvalue weighted by Crippen LogP contribution is 2.65. The predicted molar refractivity (Wildman–Crippen MR) is 231 cm³/mol. The molecular formula is C49H39Cl2N3O7. The molecule has 3 fully saturated rings. The van der Waals surface area contributed by atoms with E-state index >= 15 is 9.59 Å². The van der Waals surface area contributed by atoms with Gasteiger partial charge in [-0.05, 0) is 90.9 Å².